The second-order valence-corrected chi connectivity index (χ2v) is 5.85. The Kier molecular flexibility index (Phi) is 5.33. The van der Waals surface area contributed by atoms with E-state index in [4.69, 9.17) is 0 Å². The zero-order valence-corrected chi connectivity index (χ0v) is 14.4. The van der Waals surface area contributed by atoms with Gasteiger partial charge in [-0.3, -0.25) is 35.5 Å². The van der Waals surface area contributed by atoms with Crippen LogP contribution in [0.15, 0.2) is 53.6 Å². The van der Waals surface area contributed by atoms with Gasteiger partial charge in [0.1, 0.15) is 5.69 Å². The van der Waals surface area contributed by atoms with Gasteiger partial charge in [-0.2, -0.15) is 0 Å². The lowest BCUT2D eigenvalue weighted by Gasteiger charge is -2.13. The number of nitro groups is 1. The minimum atomic E-state index is -0.544. The van der Waals surface area contributed by atoms with Gasteiger partial charge in [-0.1, -0.05) is 0 Å². The number of hydrogen-bond donors (Lipinski definition) is 3. The Hall–Kier alpha value is -3.86. The average molecular weight is 384 g/mol. The Labute approximate surface area is 156 Å². The zero-order chi connectivity index (χ0) is 19.2. The number of benzene rings is 1. The normalized spacial score (nSPS) is 10.1. The van der Waals surface area contributed by atoms with E-state index in [2.05, 4.69) is 26.1 Å². The number of anilines is 2. The molecule has 0 saturated heterocycles. The second-order valence-electron chi connectivity index (χ2n) is 5.13. The minimum absolute atomic E-state index is 0.109. The first kappa shape index (κ1) is 17.9. The van der Waals surface area contributed by atoms with Crippen molar-refractivity contribution in [3.63, 3.8) is 0 Å². The van der Waals surface area contributed by atoms with Crippen LogP contribution >= 0.6 is 11.3 Å². The highest BCUT2D eigenvalue weighted by Gasteiger charge is 2.13. The van der Waals surface area contributed by atoms with E-state index in [9.17, 15) is 19.7 Å². The summed E-state index contributed by atoms with van der Waals surface area (Å²) in [4.78, 5) is 42.2. The molecule has 136 valence electrons. The first-order valence-corrected chi connectivity index (χ1v) is 8.43. The average Bonchev–Trinajstić information content (AvgIpc) is 3.22. The number of pyridine rings is 1. The van der Waals surface area contributed by atoms with E-state index >= 15 is 0 Å². The molecule has 0 saturated carbocycles. The predicted octanol–water partition coefficient (Wildman–Crippen LogP) is 2.46. The summed E-state index contributed by atoms with van der Waals surface area (Å²) in [6, 6.07) is 6.74. The van der Waals surface area contributed by atoms with Crippen LogP contribution in [-0.2, 0) is 0 Å². The molecule has 0 bridgehead atoms. The summed E-state index contributed by atoms with van der Waals surface area (Å²) in [5, 5.41) is 14.9. The summed E-state index contributed by atoms with van der Waals surface area (Å²) in [6.07, 6.45) is 2.89. The molecule has 0 spiro atoms. The molecule has 0 aliphatic rings. The van der Waals surface area contributed by atoms with Crippen molar-refractivity contribution in [2.75, 3.05) is 10.7 Å². The Balaban J connectivity index is 1.69. The zero-order valence-electron chi connectivity index (χ0n) is 13.6. The highest BCUT2D eigenvalue weighted by atomic mass is 32.1. The topological polar surface area (TPSA) is 139 Å². The molecule has 0 aliphatic carbocycles. The number of carbonyl (C=O) groups excluding carboxylic acids is 2. The Morgan fingerprint density at radius 2 is 1.85 bits per heavy atom. The lowest BCUT2D eigenvalue weighted by atomic mass is 10.2. The van der Waals surface area contributed by atoms with Crippen LogP contribution in [0.2, 0.25) is 0 Å². The number of nitrogens with zero attached hydrogens (tertiary/aromatic N) is 3. The SMILES string of the molecule is O=C(Nc1ccncc1NNC(=O)c1cscn1)c1ccc([N+](=O)[O-])cc1. The molecule has 11 heteroatoms. The Morgan fingerprint density at radius 3 is 2.52 bits per heavy atom. The van der Waals surface area contributed by atoms with E-state index in [1.54, 1.807) is 11.4 Å². The third kappa shape index (κ3) is 4.41. The van der Waals surface area contributed by atoms with E-state index < -0.39 is 16.7 Å². The smallest absolute Gasteiger partial charge is 0.289 e. The van der Waals surface area contributed by atoms with Crippen molar-refractivity contribution >= 4 is 40.2 Å². The lowest BCUT2D eigenvalue weighted by molar-refractivity contribution is -0.384. The standard InChI is InChI=1S/C16H12N6O4S/c23-15(10-1-3-11(4-2-10)22(25)26)19-12-5-6-17-7-13(12)20-21-16(24)14-8-27-9-18-14/h1-9,20H,(H,21,24)(H,17,19,23). The van der Waals surface area contributed by atoms with Gasteiger partial charge in [0, 0.05) is 29.3 Å². The number of rotatable bonds is 6. The van der Waals surface area contributed by atoms with Gasteiger partial charge < -0.3 is 5.32 Å². The van der Waals surface area contributed by atoms with Gasteiger partial charge in [0.25, 0.3) is 17.5 Å². The number of hydrazine groups is 1. The molecule has 3 rings (SSSR count). The van der Waals surface area contributed by atoms with Crippen LogP contribution in [0.5, 0.6) is 0 Å². The van der Waals surface area contributed by atoms with Crippen molar-refractivity contribution in [1.82, 2.24) is 15.4 Å². The van der Waals surface area contributed by atoms with Gasteiger partial charge in [0.2, 0.25) is 0 Å². The molecule has 0 fully saturated rings. The monoisotopic (exact) mass is 384 g/mol. The van der Waals surface area contributed by atoms with Crippen molar-refractivity contribution in [2.24, 2.45) is 0 Å². The molecule has 2 heterocycles. The van der Waals surface area contributed by atoms with E-state index in [1.165, 1.54) is 53.5 Å². The highest BCUT2D eigenvalue weighted by Crippen LogP contribution is 2.20. The summed E-state index contributed by atoms with van der Waals surface area (Å²) in [5.74, 6) is -0.905. The molecular weight excluding hydrogens is 372 g/mol. The quantitative estimate of drug-likeness (QED) is 0.438. The van der Waals surface area contributed by atoms with Crippen LogP contribution in [0.4, 0.5) is 17.1 Å². The van der Waals surface area contributed by atoms with Crippen LogP contribution < -0.4 is 16.2 Å². The number of aromatic nitrogens is 2. The number of nitrogens with one attached hydrogen (secondary N) is 3. The Morgan fingerprint density at radius 1 is 1.07 bits per heavy atom. The van der Waals surface area contributed by atoms with Crippen LogP contribution in [0.1, 0.15) is 20.8 Å². The third-order valence-corrected chi connectivity index (χ3v) is 3.97. The van der Waals surface area contributed by atoms with Crippen LogP contribution in [0.3, 0.4) is 0 Å². The number of non-ortho nitro benzene ring substituents is 1. The van der Waals surface area contributed by atoms with Crippen molar-refractivity contribution in [3.8, 4) is 0 Å². The number of carbonyl (C=O) groups is 2. The molecule has 27 heavy (non-hydrogen) atoms. The minimum Gasteiger partial charge on any atom is -0.320 e. The maximum absolute atomic E-state index is 12.3. The van der Waals surface area contributed by atoms with E-state index in [0.717, 1.165) is 0 Å². The molecule has 0 atom stereocenters. The molecule has 10 nitrogen and oxygen atoms in total. The van der Waals surface area contributed by atoms with Crippen molar-refractivity contribution in [3.05, 3.63) is 75.0 Å². The van der Waals surface area contributed by atoms with Crippen LogP contribution in [-0.4, -0.2) is 26.7 Å². The van der Waals surface area contributed by atoms with Gasteiger partial charge in [-0.15, -0.1) is 11.3 Å². The molecule has 1 aromatic carbocycles. The molecule has 2 aromatic heterocycles. The summed E-state index contributed by atoms with van der Waals surface area (Å²) in [6.45, 7) is 0. The molecule has 0 aliphatic heterocycles. The van der Waals surface area contributed by atoms with Gasteiger partial charge in [0.15, 0.2) is 0 Å². The van der Waals surface area contributed by atoms with E-state index in [-0.39, 0.29) is 16.9 Å². The fourth-order valence-corrected chi connectivity index (χ4v) is 2.58. The third-order valence-electron chi connectivity index (χ3n) is 3.39. The Bertz CT molecular complexity index is 975. The fourth-order valence-electron chi connectivity index (χ4n) is 2.04. The van der Waals surface area contributed by atoms with Crippen molar-refractivity contribution < 1.29 is 14.5 Å². The first-order valence-electron chi connectivity index (χ1n) is 7.49. The molecule has 0 radical (unpaired) electrons. The number of amides is 2. The van der Waals surface area contributed by atoms with Gasteiger partial charge >= 0.3 is 0 Å². The summed E-state index contributed by atoms with van der Waals surface area (Å²) in [5.41, 5.74) is 7.80. The lowest BCUT2D eigenvalue weighted by Crippen LogP contribution is -2.30. The van der Waals surface area contributed by atoms with Crippen molar-refractivity contribution in [1.29, 1.82) is 0 Å². The first-order chi connectivity index (χ1) is 13.0. The predicted molar refractivity (Wildman–Crippen MR) is 98.5 cm³/mol. The van der Waals surface area contributed by atoms with E-state index in [0.29, 0.717) is 11.4 Å². The summed E-state index contributed by atoms with van der Waals surface area (Å²) in [7, 11) is 0. The number of thiazole rings is 1. The van der Waals surface area contributed by atoms with Gasteiger partial charge in [-0.25, -0.2) is 4.98 Å². The number of nitro benzene ring substituents is 1. The van der Waals surface area contributed by atoms with Gasteiger partial charge in [-0.05, 0) is 18.2 Å². The number of hydrogen-bond acceptors (Lipinski definition) is 8. The maximum Gasteiger partial charge on any atom is 0.289 e. The highest BCUT2D eigenvalue weighted by molar-refractivity contribution is 7.07. The molecule has 0 unspecified atom stereocenters. The molecule has 3 aromatic rings. The summed E-state index contributed by atoms with van der Waals surface area (Å²) < 4.78 is 0. The summed E-state index contributed by atoms with van der Waals surface area (Å²) >= 11 is 1.29. The second kappa shape index (κ2) is 8.01. The molecular formula is C16H12N6O4S. The van der Waals surface area contributed by atoms with Gasteiger partial charge in [0.05, 0.1) is 28.0 Å². The van der Waals surface area contributed by atoms with Crippen LogP contribution in [0, 0.1) is 10.1 Å². The molecule has 2 amide bonds. The van der Waals surface area contributed by atoms with Crippen molar-refractivity contribution in [2.45, 2.75) is 0 Å². The maximum atomic E-state index is 12.3. The fraction of sp³-hybridized carbons (Fsp3) is 0. The molecule has 3 N–H and O–H groups in total. The van der Waals surface area contributed by atoms with Crippen LogP contribution in [0.25, 0.3) is 0 Å². The largest absolute Gasteiger partial charge is 0.320 e. The van der Waals surface area contributed by atoms with E-state index in [1.807, 2.05) is 0 Å².